The molecule has 1 N–H and O–H groups in total. The average molecular weight is 545 g/mol. The third-order valence-electron chi connectivity index (χ3n) is 9.03. The lowest BCUT2D eigenvalue weighted by atomic mass is 9.73. The summed E-state index contributed by atoms with van der Waals surface area (Å²) in [5, 5.41) is 12.6. The Hall–Kier alpha value is -3.49. The Morgan fingerprint density at radius 3 is 2.50 bits per heavy atom. The molecule has 8 heteroatoms. The fourth-order valence-corrected chi connectivity index (χ4v) is 7.33. The van der Waals surface area contributed by atoms with Gasteiger partial charge in [0.05, 0.1) is 18.6 Å². The van der Waals surface area contributed by atoms with Crippen LogP contribution in [-0.2, 0) is 23.9 Å². The number of anilines is 1. The Balaban J connectivity index is 1.52. The molecule has 4 aliphatic rings. The molecule has 2 aromatic rings. The van der Waals surface area contributed by atoms with Crippen LogP contribution in [0.2, 0.25) is 0 Å². The van der Waals surface area contributed by atoms with Crippen molar-refractivity contribution in [3.05, 3.63) is 66.8 Å². The fraction of sp³-hybridized carbons (Fsp3) is 0.469. The van der Waals surface area contributed by atoms with Crippen LogP contribution >= 0.6 is 0 Å². The highest BCUT2D eigenvalue weighted by Crippen LogP contribution is 2.59. The second kappa shape index (κ2) is 9.85. The molecule has 0 saturated carbocycles. The molecule has 8 nitrogen and oxygen atoms in total. The maximum absolute atomic E-state index is 14.7. The third-order valence-corrected chi connectivity index (χ3v) is 9.03. The van der Waals surface area contributed by atoms with Gasteiger partial charge >= 0.3 is 5.97 Å². The van der Waals surface area contributed by atoms with Gasteiger partial charge in [-0.2, -0.15) is 0 Å². The van der Waals surface area contributed by atoms with Crippen molar-refractivity contribution in [3.63, 3.8) is 0 Å². The number of hydrogen-bond donors (Lipinski definition) is 1. The van der Waals surface area contributed by atoms with Crippen LogP contribution in [0, 0.1) is 17.8 Å². The Morgan fingerprint density at radius 1 is 1.00 bits per heavy atom. The number of carbonyl (C=O) groups is 3. The average Bonchev–Trinajstić information content (AvgIpc) is 3.23. The molecule has 40 heavy (non-hydrogen) atoms. The first-order valence-electron chi connectivity index (χ1n) is 14.2. The highest BCUT2D eigenvalue weighted by atomic mass is 16.6. The van der Waals surface area contributed by atoms with E-state index in [1.54, 1.807) is 11.0 Å². The summed E-state index contributed by atoms with van der Waals surface area (Å²) in [5.74, 6) is -2.83. The molecule has 0 radical (unpaired) electrons. The van der Waals surface area contributed by atoms with Crippen molar-refractivity contribution in [2.45, 2.75) is 56.9 Å². The quantitative estimate of drug-likeness (QED) is 0.441. The van der Waals surface area contributed by atoms with E-state index in [0.717, 1.165) is 10.8 Å². The number of fused-ring (bicyclic) bond motifs is 3. The molecule has 2 fully saturated rings. The van der Waals surface area contributed by atoms with Crippen molar-refractivity contribution in [2.75, 3.05) is 24.7 Å². The molecule has 0 bridgehead atoms. The minimum Gasteiger partial charge on any atom is -0.461 e. The van der Waals surface area contributed by atoms with Crippen molar-refractivity contribution in [3.8, 4) is 0 Å². The summed E-state index contributed by atoms with van der Waals surface area (Å²) in [5.41, 5.74) is -1.75. The maximum atomic E-state index is 14.7. The lowest BCUT2D eigenvalue weighted by Crippen LogP contribution is -2.59. The molecule has 4 aliphatic heterocycles. The molecule has 4 heterocycles. The highest BCUT2D eigenvalue weighted by Gasteiger charge is 2.76. The van der Waals surface area contributed by atoms with Crippen LogP contribution in [0.25, 0.3) is 10.8 Å². The highest BCUT2D eigenvalue weighted by molar-refractivity contribution is 6.06. The predicted octanol–water partition coefficient (Wildman–Crippen LogP) is 3.62. The van der Waals surface area contributed by atoms with Gasteiger partial charge in [-0.3, -0.25) is 14.4 Å². The lowest BCUT2D eigenvalue weighted by Gasteiger charge is -2.41. The summed E-state index contributed by atoms with van der Waals surface area (Å²) in [7, 11) is 0. The molecule has 210 valence electrons. The van der Waals surface area contributed by atoms with E-state index < -0.39 is 41.1 Å². The second-order valence-electron chi connectivity index (χ2n) is 11.7. The smallest absolute Gasteiger partial charge is 0.313 e. The van der Waals surface area contributed by atoms with Crippen molar-refractivity contribution < 1.29 is 29.0 Å². The first-order chi connectivity index (χ1) is 19.3. The van der Waals surface area contributed by atoms with E-state index in [-0.39, 0.29) is 37.5 Å². The number of carbonyl (C=O) groups excluding carboxylic acids is 3. The SMILES string of the molecule is CC[C@@]12C=CCOC(=O)[C@@H]1[C@H]1C(=O)N([C@@H](CO)CC(C)C)C3C(=O)N(c4ccc5ccccc5c4)CC=C[C@@]31O2. The van der Waals surface area contributed by atoms with Gasteiger partial charge in [-0.25, -0.2) is 0 Å². The van der Waals surface area contributed by atoms with E-state index in [4.69, 9.17) is 9.47 Å². The van der Waals surface area contributed by atoms with E-state index in [1.807, 2.05) is 81.5 Å². The summed E-state index contributed by atoms with van der Waals surface area (Å²) in [6.07, 6.45) is 8.24. The molecule has 0 aromatic heterocycles. The number of ether oxygens (including phenoxy) is 2. The van der Waals surface area contributed by atoms with Crippen LogP contribution in [0.1, 0.15) is 33.6 Å². The van der Waals surface area contributed by atoms with Crippen LogP contribution in [0.15, 0.2) is 66.8 Å². The Kier molecular flexibility index (Phi) is 6.58. The molecule has 1 unspecified atom stereocenters. The molecule has 2 aromatic carbocycles. The van der Waals surface area contributed by atoms with E-state index in [1.165, 1.54) is 4.90 Å². The maximum Gasteiger partial charge on any atom is 0.313 e. The van der Waals surface area contributed by atoms with Crippen LogP contribution in [0.5, 0.6) is 0 Å². The van der Waals surface area contributed by atoms with Gasteiger partial charge in [0.1, 0.15) is 29.8 Å². The van der Waals surface area contributed by atoms with Gasteiger partial charge in [0.25, 0.3) is 5.91 Å². The van der Waals surface area contributed by atoms with Crippen LogP contribution in [-0.4, -0.2) is 70.8 Å². The standard InChI is InChI=1S/C32H36N2O6/c1-4-31-13-8-16-39-30(38)26(31)25-28(36)34(24(19-35)17-20(2)3)27-29(37)33(15-7-14-32(25,27)40-31)23-12-11-21-9-5-6-10-22(21)18-23/h5-14,18,20,24-27,35H,4,15-17,19H2,1-3H3/t24-,25+,26+,27?,31-,32+/m1/s1. The molecule has 1 spiro atoms. The number of cyclic esters (lactones) is 1. The first kappa shape index (κ1) is 26.7. The number of likely N-dealkylation sites (tertiary alicyclic amines) is 1. The molecular weight excluding hydrogens is 508 g/mol. The van der Waals surface area contributed by atoms with Gasteiger partial charge in [-0.15, -0.1) is 0 Å². The van der Waals surface area contributed by atoms with Crippen molar-refractivity contribution in [2.24, 2.45) is 17.8 Å². The lowest BCUT2D eigenvalue weighted by molar-refractivity contribution is -0.159. The number of aliphatic hydroxyl groups is 1. The largest absolute Gasteiger partial charge is 0.461 e. The summed E-state index contributed by atoms with van der Waals surface area (Å²) in [6, 6.07) is 12.2. The zero-order chi connectivity index (χ0) is 28.2. The van der Waals surface area contributed by atoms with Crippen molar-refractivity contribution in [1.82, 2.24) is 4.90 Å². The van der Waals surface area contributed by atoms with Crippen LogP contribution < -0.4 is 4.90 Å². The number of amides is 2. The normalized spacial score (nSPS) is 32.1. The first-order valence-corrected chi connectivity index (χ1v) is 14.2. The summed E-state index contributed by atoms with van der Waals surface area (Å²) in [4.78, 5) is 45.8. The van der Waals surface area contributed by atoms with E-state index >= 15 is 0 Å². The number of benzene rings is 2. The number of aliphatic hydroxyl groups excluding tert-OH is 1. The predicted molar refractivity (Wildman–Crippen MR) is 150 cm³/mol. The number of nitrogens with zero attached hydrogens (tertiary/aromatic N) is 2. The van der Waals surface area contributed by atoms with Crippen molar-refractivity contribution in [1.29, 1.82) is 0 Å². The summed E-state index contributed by atoms with van der Waals surface area (Å²) < 4.78 is 12.4. The van der Waals surface area contributed by atoms with E-state index in [9.17, 15) is 19.5 Å². The second-order valence-corrected chi connectivity index (χ2v) is 11.7. The van der Waals surface area contributed by atoms with Gasteiger partial charge in [0.15, 0.2) is 0 Å². The number of hydrogen-bond acceptors (Lipinski definition) is 6. The van der Waals surface area contributed by atoms with E-state index in [0.29, 0.717) is 18.5 Å². The van der Waals surface area contributed by atoms with Crippen LogP contribution in [0.3, 0.4) is 0 Å². The van der Waals surface area contributed by atoms with Gasteiger partial charge in [-0.05, 0) is 47.7 Å². The molecule has 0 aliphatic carbocycles. The zero-order valence-electron chi connectivity index (χ0n) is 23.2. The van der Waals surface area contributed by atoms with Gasteiger partial charge in [0.2, 0.25) is 5.91 Å². The van der Waals surface area contributed by atoms with Gasteiger partial charge in [-0.1, -0.05) is 69.3 Å². The fourth-order valence-electron chi connectivity index (χ4n) is 7.33. The number of esters is 1. The molecular formula is C32H36N2O6. The zero-order valence-corrected chi connectivity index (χ0v) is 23.2. The molecule has 6 rings (SSSR count). The Bertz CT molecular complexity index is 1420. The van der Waals surface area contributed by atoms with E-state index in [2.05, 4.69) is 0 Å². The number of rotatable bonds is 6. The van der Waals surface area contributed by atoms with Crippen molar-refractivity contribution >= 4 is 34.2 Å². The topological polar surface area (TPSA) is 96.4 Å². The monoisotopic (exact) mass is 544 g/mol. The van der Waals surface area contributed by atoms with Gasteiger partial charge < -0.3 is 24.4 Å². The summed E-state index contributed by atoms with van der Waals surface area (Å²) in [6.45, 7) is 6.04. The minimum atomic E-state index is -1.38. The van der Waals surface area contributed by atoms with Gasteiger partial charge in [0, 0.05) is 12.2 Å². The summed E-state index contributed by atoms with van der Waals surface area (Å²) >= 11 is 0. The molecule has 6 atom stereocenters. The molecule has 2 saturated heterocycles. The Morgan fingerprint density at radius 2 is 1.77 bits per heavy atom. The Labute approximate surface area is 234 Å². The molecule has 2 amide bonds. The van der Waals surface area contributed by atoms with Crippen LogP contribution in [0.4, 0.5) is 5.69 Å². The third kappa shape index (κ3) is 3.84. The minimum absolute atomic E-state index is 0.110.